The molecule has 140 valence electrons. The second-order valence-corrected chi connectivity index (χ2v) is 7.08. The first-order chi connectivity index (χ1) is 13.6. The Labute approximate surface area is 169 Å². The van der Waals surface area contributed by atoms with E-state index in [0.717, 1.165) is 33.6 Å². The van der Waals surface area contributed by atoms with Gasteiger partial charge in [0.25, 0.3) is 5.91 Å². The standard InChI is InChI=1S/C19H14ClN5O2S/c1-27-17-7-13(20)3-4-14(17)16-8-18(28-25-16)19(26)24-21-9-11-2-5-15-12(6-11)10-22-23-15/h2-10H,1H3,(H,22,23)(H,24,26)/b21-9+. The van der Waals surface area contributed by atoms with Crippen molar-refractivity contribution in [3.05, 3.63) is 64.1 Å². The van der Waals surface area contributed by atoms with Crippen LogP contribution in [0.2, 0.25) is 5.02 Å². The molecular weight excluding hydrogens is 398 g/mol. The van der Waals surface area contributed by atoms with E-state index in [9.17, 15) is 4.79 Å². The summed E-state index contributed by atoms with van der Waals surface area (Å²) in [6.07, 6.45) is 3.31. The second kappa shape index (κ2) is 7.79. The summed E-state index contributed by atoms with van der Waals surface area (Å²) in [5.74, 6) is 0.259. The number of benzene rings is 2. The lowest BCUT2D eigenvalue weighted by molar-refractivity contribution is 0.0959. The largest absolute Gasteiger partial charge is 0.496 e. The minimum atomic E-state index is -0.336. The molecule has 7 nitrogen and oxygen atoms in total. The van der Waals surface area contributed by atoms with Gasteiger partial charge in [0.2, 0.25) is 0 Å². The van der Waals surface area contributed by atoms with Gasteiger partial charge >= 0.3 is 0 Å². The molecule has 2 N–H and O–H groups in total. The highest BCUT2D eigenvalue weighted by molar-refractivity contribution is 7.08. The molecule has 28 heavy (non-hydrogen) atoms. The van der Waals surface area contributed by atoms with Crippen LogP contribution in [0.15, 0.2) is 53.8 Å². The number of rotatable bonds is 5. The number of fused-ring (bicyclic) bond motifs is 1. The number of H-pyrrole nitrogens is 1. The Balaban J connectivity index is 1.47. The minimum Gasteiger partial charge on any atom is -0.496 e. The van der Waals surface area contributed by atoms with Crippen molar-refractivity contribution in [2.24, 2.45) is 5.10 Å². The average Bonchev–Trinajstić information content (AvgIpc) is 3.37. The highest BCUT2D eigenvalue weighted by Crippen LogP contribution is 2.32. The lowest BCUT2D eigenvalue weighted by atomic mass is 10.1. The van der Waals surface area contributed by atoms with Crippen LogP contribution in [0, 0.1) is 0 Å². The molecule has 0 aliphatic carbocycles. The molecule has 4 aromatic rings. The Morgan fingerprint density at radius 1 is 1.29 bits per heavy atom. The van der Waals surface area contributed by atoms with Crippen molar-refractivity contribution in [1.82, 2.24) is 20.0 Å². The zero-order chi connectivity index (χ0) is 19.5. The van der Waals surface area contributed by atoms with Gasteiger partial charge in [-0.15, -0.1) is 0 Å². The number of ether oxygens (including phenoxy) is 1. The van der Waals surface area contributed by atoms with Crippen LogP contribution in [0.3, 0.4) is 0 Å². The van der Waals surface area contributed by atoms with Crippen molar-refractivity contribution >= 4 is 46.2 Å². The van der Waals surface area contributed by atoms with Gasteiger partial charge in [-0.3, -0.25) is 9.89 Å². The zero-order valence-corrected chi connectivity index (χ0v) is 16.2. The van der Waals surface area contributed by atoms with E-state index >= 15 is 0 Å². The predicted octanol–water partition coefficient (Wildman–Crippen LogP) is 4.11. The Kier molecular flexibility index (Phi) is 5.05. The Morgan fingerprint density at radius 3 is 3.04 bits per heavy atom. The van der Waals surface area contributed by atoms with Crippen molar-refractivity contribution in [2.75, 3.05) is 7.11 Å². The topological polar surface area (TPSA) is 92.3 Å². The number of methoxy groups -OCH3 is 1. The van der Waals surface area contributed by atoms with Crippen LogP contribution < -0.4 is 10.2 Å². The van der Waals surface area contributed by atoms with Gasteiger partial charge in [-0.25, -0.2) is 5.43 Å². The number of halogens is 1. The molecule has 0 radical (unpaired) electrons. The predicted molar refractivity (Wildman–Crippen MR) is 110 cm³/mol. The fraction of sp³-hybridized carbons (Fsp3) is 0.0526. The molecule has 4 rings (SSSR count). The molecule has 0 aliphatic rings. The number of nitrogens with one attached hydrogen (secondary N) is 2. The zero-order valence-electron chi connectivity index (χ0n) is 14.6. The monoisotopic (exact) mass is 411 g/mol. The van der Waals surface area contributed by atoms with E-state index in [4.69, 9.17) is 16.3 Å². The summed E-state index contributed by atoms with van der Waals surface area (Å²) in [7, 11) is 1.56. The molecule has 0 aliphatic heterocycles. The number of amides is 1. The van der Waals surface area contributed by atoms with Crippen LogP contribution in [0.4, 0.5) is 0 Å². The molecule has 0 saturated heterocycles. The van der Waals surface area contributed by atoms with Gasteiger partial charge < -0.3 is 4.74 Å². The molecule has 9 heteroatoms. The third kappa shape index (κ3) is 3.73. The molecule has 1 amide bonds. The Morgan fingerprint density at radius 2 is 2.18 bits per heavy atom. The van der Waals surface area contributed by atoms with E-state index in [0.29, 0.717) is 21.3 Å². The number of nitrogens with zero attached hydrogens (tertiary/aromatic N) is 3. The number of hydrogen-bond donors (Lipinski definition) is 2. The van der Waals surface area contributed by atoms with Gasteiger partial charge in [0.05, 0.1) is 30.7 Å². The smallest absolute Gasteiger partial charge is 0.283 e. The molecule has 0 bridgehead atoms. The number of hydrogen-bond acceptors (Lipinski definition) is 6. The van der Waals surface area contributed by atoms with Crippen molar-refractivity contribution in [1.29, 1.82) is 0 Å². The number of carbonyl (C=O) groups excluding carboxylic acids is 1. The Hall–Kier alpha value is -3.23. The first kappa shape index (κ1) is 18.1. The fourth-order valence-corrected chi connectivity index (χ4v) is 3.45. The van der Waals surface area contributed by atoms with Gasteiger partial charge in [-0.1, -0.05) is 17.7 Å². The third-order valence-electron chi connectivity index (χ3n) is 4.02. The lowest BCUT2D eigenvalue weighted by Crippen LogP contribution is -2.16. The first-order valence-corrected chi connectivity index (χ1v) is 9.36. The fourth-order valence-electron chi connectivity index (χ4n) is 2.65. The van der Waals surface area contributed by atoms with E-state index in [1.165, 1.54) is 0 Å². The molecule has 0 fully saturated rings. The molecule has 0 spiro atoms. The summed E-state index contributed by atoms with van der Waals surface area (Å²) < 4.78 is 9.67. The lowest BCUT2D eigenvalue weighted by Gasteiger charge is -2.06. The summed E-state index contributed by atoms with van der Waals surface area (Å²) in [5.41, 5.74) is 5.71. The van der Waals surface area contributed by atoms with Crippen molar-refractivity contribution in [3.8, 4) is 17.0 Å². The summed E-state index contributed by atoms with van der Waals surface area (Å²) in [6, 6.07) is 12.7. The molecule has 2 heterocycles. The van der Waals surface area contributed by atoms with Crippen molar-refractivity contribution < 1.29 is 9.53 Å². The third-order valence-corrected chi connectivity index (χ3v) is 5.04. The number of carbonyl (C=O) groups is 1. The summed E-state index contributed by atoms with van der Waals surface area (Å²) in [6.45, 7) is 0. The number of aromatic amines is 1. The van der Waals surface area contributed by atoms with E-state index in [-0.39, 0.29) is 5.91 Å². The van der Waals surface area contributed by atoms with Crippen LogP contribution in [0.25, 0.3) is 22.2 Å². The molecule has 0 unspecified atom stereocenters. The normalized spacial score (nSPS) is 11.2. The molecule has 0 atom stereocenters. The molecular formula is C19H14ClN5O2S. The van der Waals surface area contributed by atoms with Gasteiger partial charge in [-0.2, -0.15) is 14.6 Å². The van der Waals surface area contributed by atoms with Crippen molar-refractivity contribution in [3.63, 3.8) is 0 Å². The summed E-state index contributed by atoms with van der Waals surface area (Å²) >= 11 is 7.08. The van der Waals surface area contributed by atoms with E-state index in [1.807, 2.05) is 24.3 Å². The summed E-state index contributed by atoms with van der Waals surface area (Å²) in [5, 5.41) is 12.4. The maximum Gasteiger partial charge on any atom is 0.283 e. The highest BCUT2D eigenvalue weighted by Gasteiger charge is 2.14. The van der Waals surface area contributed by atoms with E-state index in [2.05, 4.69) is 25.1 Å². The number of aromatic nitrogens is 3. The molecule has 2 aromatic heterocycles. The SMILES string of the molecule is COc1cc(Cl)ccc1-c1cc(C(=O)N/N=C/c2ccc3[nH]ncc3c2)sn1. The average molecular weight is 412 g/mol. The maximum absolute atomic E-state index is 12.3. The van der Waals surface area contributed by atoms with Crippen LogP contribution in [0.1, 0.15) is 15.2 Å². The van der Waals surface area contributed by atoms with Crippen LogP contribution in [-0.4, -0.2) is 33.8 Å². The van der Waals surface area contributed by atoms with Crippen LogP contribution in [0.5, 0.6) is 5.75 Å². The van der Waals surface area contributed by atoms with Crippen molar-refractivity contribution in [2.45, 2.75) is 0 Å². The Bertz CT molecular complexity index is 1180. The van der Waals surface area contributed by atoms with Gasteiger partial charge in [-0.05, 0) is 53.5 Å². The second-order valence-electron chi connectivity index (χ2n) is 5.84. The minimum absolute atomic E-state index is 0.336. The van der Waals surface area contributed by atoms with Gasteiger partial charge in [0.1, 0.15) is 10.6 Å². The van der Waals surface area contributed by atoms with Gasteiger partial charge in [0, 0.05) is 16.0 Å². The van der Waals surface area contributed by atoms with Crippen LogP contribution >= 0.6 is 23.1 Å². The van der Waals surface area contributed by atoms with Crippen LogP contribution in [-0.2, 0) is 0 Å². The van der Waals surface area contributed by atoms with E-state index < -0.39 is 0 Å². The number of hydrazone groups is 1. The first-order valence-electron chi connectivity index (χ1n) is 8.21. The van der Waals surface area contributed by atoms with E-state index in [1.54, 1.807) is 37.7 Å². The maximum atomic E-state index is 12.3. The summed E-state index contributed by atoms with van der Waals surface area (Å²) in [4.78, 5) is 12.8. The quantitative estimate of drug-likeness (QED) is 0.381. The highest BCUT2D eigenvalue weighted by atomic mass is 35.5. The molecule has 0 saturated carbocycles. The molecule has 2 aromatic carbocycles. The van der Waals surface area contributed by atoms with Gasteiger partial charge in [0.15, 0.2) is 0 Å².